The average Bonchev–Trinajstić information content (AvgIpc) is 2.97. The minimum absolute atomic E-state index is 0.0368. The van der Waals surface area contributed by atoms with Gasteiger partial charge in [-0.15, -0.1) is 22.9 Å². The lowest BCUT2D eigenvalue weighted by Gasteiger charge is -2.11. The lowest BCUT2D eigenvalue weighted by atomic mass is 10.1. The van der Waals surface area contributed by atoms with Crippen LogP contribution in [0.2, 0.25) is 0 Å². The van der Waals surface area contributed by atoms with Crippen LogP contribution in [-0.2, 0) is 14.1 Å². The summed E-state index contributed by atoms with van der Waals surface area (Å²) in [5, 5.41) is 1.83. The summed E-state index contributed by atoms with van der Waals surface area (Å²) in [6.45, 7) is 0. The maximum atomic E-state index is 12.0. The zero-order valence-electron chi connectivity index (χ0n) is 11.2. The number of halogens is 3. The summed E-state index contributed by atoms with van der Waals surface area (Å²) in [5.74, 6) is 0. The van der Waals surface area contributed by atoms with Crippen molar-refractivity contribution in [2.24, 2.45) is 14.1 Å². The minimum atomic E-state index is -0.237. The van der Waals surface area contributed by atoms with Gasteiger partial charge in [-0.05, 0) is 57.3 Å². The van der Waals surface area contributed by atoms with Crippen molar-refractivity contribution in [3.05, 3.63) is 52.5 Å². The molecule has 0 aliphatic rings. The Labute approximate surface area is 152 Å². The van der Waals surface area contributed by atoms with Crippen LogP contribution in [0.4, 0.5) is 0 Å². The van der Waals surface area contributed by atoms with Gasteiger partial charge in [-0.25, -0.2) is 4.79 Å². The molecule has 0 fully saturated rings. The Kier molecular flexibility index (Phi) is 4.24. The standard InChI is InChI=1S/C14H11BrClIN2OS/c1-18-10-4-8(13(16)7-3-12(17)21-6-7)9(15)5-11(10)19(2)14(18)20/h3-6,13H,1-2H3. The lowest BCUT2D eigenvalue weighted by Crippen LogP contribution is -2.19. The molecule has 0 amide bonds. The molecule has 0 N–H and O–H groups in total. The molecule has 110 valence electrons. The zero-order valence-corrected chi connectivity index (χ0v) is 16.5. The Morgan fingerprint density at radius 2 is 1.86 bits per heavy atom. The molecule has 0 saturated carbocycles. The molecule has 21 heavy (non-hydrogen) atoms. The van der Waals surface area contributed by atoms with Gasteiger partial charge in [-0.1, -0.05) is 15.9 Å². The Morgan fingerprint density at radius 3 is 2.43 bits per heavy atom. The van der Waals surface area contributed by atoms with Crippen molar-refractivity contribution in [2.45, 2.75) is 5.38 Å². The second kappa shape index (κ2) is 5.72. The SMILES string of the molecule is Cn1c(=O)n(C)c2cc(C(Cl)c3csc(I)c3)c(Br)cc21. The normalized spacial score (nSPS) is 13.0. The Hall–Kier alpha value is -0.310. The van der Waals surface area contributed by atoms with Crippen molar-refractivity contribution >= 4 is 72.5 Å². The number of aromatic nitrogens is 2. The van der Waals surface area contributed by atoms with Gasteiger partial charge in [-0.3, -0.25) is 9.13 Å². The zero-order chi connectivity index (χ0) is 15.3. The van der Waals surface area contributed by atoms with Crippen molar-refractivity contribution in [1.29, 1.82) is 0 Å². The molecule has 0 spiro atoms. The number of aryl methyl sites for hydroxylation is 2. The maximum Gasteiger partial charge on any atom is 0.328 e. The average molecular weight is 498 g/mol. The van der Waals surface area contributed by atoms with Crippen LogP contribution in [0.1, 0.15) is 16.5 Å². The van der Waals surface area contributed by atoms with Gasteiger partial charge in [0, 0.05) is 18.6 Å². The minimum Gasteiger partial charge on any atom is -0.295 e. The van der Waals surface area contributed by atoms with E-state index in [1.807, 2.05) is 12.1 Å². The van der Waals surface area contributed by atoms with Gasteiger partial charge in [-0.2, -0.15) is 0 Å². The number of hydrogen-bond donors (Lipinski definition) is 0. The maximum absolute atomic E-state index is 12.0. The van der Waals surface area contributed by atoms with Gasteiger partial charge < -0.3 is 0 Å². The molecule has 2 aromatic heterocycles. The third-order valence-electron chi connectivity index (χ3n) is 3.54. The first kappa shape index (κ1) is 15.6. The summed E-state index contributed by atoms with van der Waals surface area (Å²) >= 11 is 14.2. The highest BCUT2D eigenvalue weighted by molar-refractivity contribution is 14.1. The summed E-state index contributed by atoms with van der Waals surface area (Å²) in [6, 6.07) is 6.03. The van der Waals surface area contributed by atoms with E-state index < -0.39 is 0 Å². The van der Waals surface area contributed by atoms with Crippen molar-refractivity contribution in [2.75, 3.05) is 0 Å². The van der Waals surface area contributed by atoms with E-state index in [2.05, 4.69) is 50.0 Å². The van der Waals surface area contributed by atoms with E-state index in [-0.39, 0.29) is 11.1 Å². The molecule has 0 saturated heterocycles. The molecule has 3 aromatic rings. The van der Waals surface area contributed by atoms with Gasteiger partial charge in [0.25, 0.3) is 0 Å². The number of fused-ring (bicyclic) bond motifs is 1. The van der Waals surface area contributed by atoms with Crippen LogP contribution in [-0.4, -0.2) is 9.13 Å². The van der Waals surface area contributed by atoms with Crippen LogP contribution in [0.15, 0.2) is 32.8 Å². The van der Waals surface area contributed by atoms with Crippen LogP contribution in [0.3, 0.4) is 0 Å². The van der Waals surface area contributed by atoms with E-state index in [1.165, 1.54) is 2.88 Å². The predicted octanol–water partition coefficient (Wildman–Crippen LogP) is 4.63. The monoisotopic (exact) mass is 496 g/mol. The molecular weight excluding hydrogens is 486 g/mol. The van der Waals surface area contributed by atoms with E-state index in [0.717, 1.165) is 26.6 Å². The number of thiophene rings is 1. The summed E-state index contributed by atoms with van der Waals surface area (Å²) < 4.78 is 5.40. The number of hydrogen-bond acceptors (Lipinski definition) is 2. The van der Waals surface area contributed by atoms with Gasteiger partial charge in [0.05, 0.1) is 19.3 Å². The molecule has 2 heterocycles. The second-order valence-corrected chi connectivity index (χ2v) is 8.91. The molecule has 0 bridgehead atoms. The molecule has 1 atom stereocenters. The quantitative estimate of drug-likeness (QED) is 0.375. The Morgan fingerprint density at radius 1 is 1.24 bits per heavy atom. The first-order valence-corrected chi connectivity index (χ1v) is 9.31. The summed E-state index contributed by atoms with van der Waals surface area (Å²) in [7, 11) is 3.55. The predicted molar refractivity (Wildman–Crippen MR) is 101 cm³/mol. The van der Waals surface area contributed by atoms with Gasteiger partial charge in [0.1, 0.15) is 0 Å². The molecule has 1 unspecified atom stereocenters. The third-order valence-corrected chi connectivity index (χ3v) is 6.52. The van der Waals surface area contributed by atoms with Crippen LogP contribution in [0.25, 0.3) is 11.0 Å². The molecule has 1 aromatic carbocycles. The van der Waals surface area contributed by atoms with Gasteiger partial charge >= 0.3 is 5.69 Å². The van der Waals surface area contributed by atoms with Crippen molar-refractivity contribution in [3.63, 3.8) is 0 Å². The van der Waals surface area contributed by atoms with Crippen LogP contribution in [0.5, 0.6) is 0 Å². The van der Waals surface area contributed by atoms with E-state index in [9.17, 15) is 4.79 Å². The van der Waals surface area contributed by atoms with Crippen molar-refractivity contribution in [1.82, 2.24) is 9.13 Å². The van der Waals surface area contributed by atoms with Gasteiger partial charge in [0.15, 0.2) is 0 Å². The molecule has 3 rings (SSSR count). The number of nitrogens with zero attached hydrogens (tertiary/aromatic N) is 2. The van der Waals surface area contributed by atoms with E-state index in [4.69, 9.17) is 11.6 Å². The highest BCUT2D eigenvalue weighted by Crippen LogP contribution is 2.37. The van der Waals surface area contributed by atoms with E-state index in [1.54, 1.807) is 34.6 Å². The second-order valence-electron chi connectivity index (χ2n) is 4.81. The molecular formula is C14H11BrClIN2OS. The molecule has 0 aliphatic carbocycles. The molecule has 0 aliphatic heterocycles. The highest BCUT2D eigenvalue weighted by atomic mass is 127. The largest absolute Gasteiger partial charge is 0.328 e. The smallest absolute Gasteiger partial charge is 0.295 e. The fraction of sp³-hybridized carbons (Fsp3) is 0.214. The molecule has 0 radical (unpaired) electrons. The number of benzene rings is 1. The van der Waals surface area contributed by atoms with E-state index in [0.29, 0.717) is 0 Å². The Balaban J connectivity index is 2.21. The van der Waals surface area contributed by atoms with E-state index >= 15 is 0 Å². The molecule has 3 nitrogen and oxygen atoms in total. The van der Waals surface area contributed by atoms with Crippen LogP contribution < -0.4 is 5.69 Å². The number of imidazole rings is 1. The lowest BCUT2D eigenvalue weighted by molar-refractivity contribution is 0.795. The topological polar surface area (TPSA) is 26.9 Å². The fourth-order valence-corrected chi connectivity index (χ4v) is 4.84. The van der Waals surface area contributed by atoms with Crippen LogP contribution >= 0.6 is 61.5 Å². The molecule has 7 heteroatoms. The number of alkyl halides is 1. The number of rotatable bonds is 2. The summed E-state index contributed by atoms with van der Waals surface area (Å²) in [4.78, 5) is 12.0. The summed E-state index contributed by atoms with van der Waals surface area (Å²) in [6.07, 6.45) is 0. The third kappa shape index (κ3) is 2.60. The first-order chi connectivity index (χ1) is 9.90. The first-order valence-electron chi connectivity index (χ1n) is 6.13. The highest BCUT2D eigenvalue weighted by Gasteiger charge is 2.19. The van der Waals surface area contributed by atoms with Crippen LogP contribution in [0, 0.1) is 2.88 Å². The summed E-state index contributed by atoms with van der Waals surface area (Å²) in [5.41, 5.74) is 3.79. The Bertz CT molecular complexity index is 898. The van der Waals surface area contributed by atoms with Crippen molar-refractivity contribution < 1.29 is 0 Å². The fourth-order valence-electron chi connectivity index (χ4n) is 2.37. The van der Waals surface area contributed by atoms with Crippen molar-refractivity contribution in [3.8, 4) is 0 Å². The van der Waals surface area contributed by atoms with Gasteiger partial charge in [0.2, 0.25) is 0 Å².